The number of alkyl halides is 3. The van der Waals surface area contributed by atoms with Crippen LogP contribution in [0.1, 0.15) is 34.3 Å². The van der Waals surface area contributed by atoms with Crippen LogP contribution in [0.5, 0.6) is 5.75 Å². The number of benzene rings is 2. The Morgan fingerprint density at radius 1 is 1.05 bits per heavy atom. The molecule has 4 heterocycles. The summed E-state index contributed by atoms with van der Waals surface area (Å²) in [5.74, 6) is 0.342. The number of aryl methyl sites for hydroxylation is 1. The highest BCUT2D eigenvalue weighted by atomic mass is 19.4. The van der Waals surface area contributed by atoms with Gasteiger partial charge in [0.15, 0.2) is 6.61 Å². The molecule has 6 rings (SSSR count). The number of ether oxygens (including phenoxy) is 1. The first-order valence-electron chi connectivity index (χ1n) is 12.2. The molecule has 6 nitrogen and oxygen atoms in total. The van der Waals surface area contributed by atoms with Crippen LogP contribution in [0.3, 0.4) is 0 Å². The van der Waals surface area contributed by atoms with Gasteiger partial charge in [-0.05, 0) is 53.6 Å². The summed E-state index contributed by atoms with van der Waals surface area (Å²) in [5.41, 5.74) is 2.31. The van der Waals surface area contributed by atoms with Crippen molar-refractivity contribution in [3.05, 3.63) is 107 Å². The van der Waals surface area contributed by atoms with Crippen LogP contribution in [-0.4, -0.2) is 38.3 Å². The molecular formula is C29H23F3N4O2. The Labute approximate surface area is 216 Å². The lowest BCUT2D eigenvalue weighted by Crippen LogP contribution is -2.43. The highest BCUT2D eigenvalue weighted by Crippen LogP contribution is 2.37. The van der Waals surface area contributed by atoms with E-state index >= 15 is 0 Å². The summed E-state index contributed by atoms with van der Waals surface area (Å²) in [5, 5.41) is 2.08. The maximum atomic E-state index is 13.5. The molecule has 192 valence electrons. The third-order valence-electron chi connectivity index (χ3n) is 6.88. The Morgan fingerprint density at radius 3 is 2.63 bits per heavy atom. The van der Waals surface area contributed by atoms with Crippen molar-refractivity contribution in [3.8, 4) is 5.75 Å². The van der Waals surface area contributed by atoms with E-state index in [4.69, 9.17) is 4.74 Å². The van der Waals surface area contributed by atoms with E-state index in [0.717, 1.165) is 34.2 Å². The smallest absolute Gasteiger partial charge is 0.416 e. The van der Waals surface area contributed by atoms with Crippen LogP contribution in [0.2, 0.25) is 0 Å². The van der Waals surface area contributed by atoms with Crippen LogP contribution in [0.25, 0.3) is 16.4 Å². The van der Waals surface area contributed by atoms with Gasteiger partial charge in [-0.25, -0.2) is 4.98 Å². The molecule has 0 saturated heterocycles. The van der Waals surface area contributed by atoms with E-state index in [0.29, 0.717) is 30.1 Å². The quantitative estimate of drug-likeness (QED) is 0.305. The van der Waals surface area contributed by atoms with Crippen molar-refractivity contribution in [2.24, 2.45) is 0 Å². The predicted octanol–water partition coefficient (Wildman–Crippen LogP) is 5.76. The van der Waals surface area contributed by atoms with Crippen molar-refractivity contribution in [3.63, 3.8) is 0 Å². The Bertz CT molecular complexity index is 1660. The van der Waals surface area contributed by atoms with Gasteiger partial charge in [-0.15, -0.1) is 0 Å². The van der Waals surface area contributed by atoms with Gasteiger partial charge in [0.05, 0.1) is 17.0 Å². The van der Waals surface area contributed by atoms with Gasteiger partial charge in [-0.3, -0.25) is 9.78 Å². The molecule has 0 spiro atoms. The third-order valence-corrected chi connectivity index (χ3v) is 6.88. The topological polar surface area (TPSA) is 59.7 Å². The maximum absolute atomic E-state index is 13.5. The second-order valence-corrected chi connectivity index (χ2v) is 9.36. The summed E-state index contributed by atoms with van der Waals surface area (Å²) in [7, 11) is 0. The number of hydrogen-bond donors (Lipinski definition) is 0. The van der Waals surface area contributed by atoms with E-state index < -0.39 is 17.8 Å². The SMILES string of the molecule is Cc1ccc(C2c3c(nc4cc(C(F)(F)F)ccn34)CCN2C(=O)COc2ccc3ccccc3c2)cn1. The van der Waals surface area contributed by atoms with Gasteiger partial charge in [0, 0.05) is 31.1 Å². The molecule has 1 amide bonds. The molecule has 5 aromatic rings. The van der Waals surface area contributed by atoms with Crippen LogP contribution in [-0.2, 0) is 17.4 Å². The predicted molar refractivity (Wildman–Crippen MR) is 136 cm³/mol. The fourth-order valence-electron chi connectivity index (χ4n) is 5.00. The van der Waals surface area contributed by atoms with Gasteiger partial charge in [0.2, 0.25) is 0 Å². The van der Waals surface area contributed by atoms with Crippen LogP contribution >= 0.6 is 0 Å². The number of aromatic nitrogens is 3. The lowest BCUT2D eigenvalue weighted by molar-refractivity contribution is -0.137. The molecule has 1 aliphatic rings. The number of pyridine rings is 2. The zero-order valence-electron chi connectivity index (χ0n) is 20.4. The first-order valence-corrected chi connectivity index (χ1v) is 12.2. The van der Waals surface area contributed by atoms with E-state index in [2.05, 4.69) is 9.97 Å². The number of carbonyl (C=O) groups is 1. The minimum Gasteiger partial charge on any atom is -0.484 e. The number of imidazole rings is 1. The summed E-state index contributed by atoms with van der Waals surface area (Å²) in [6, 6.07) is 18.8. The Hall–Kier alpha value is -4.40. The summed E-state index contributed by atoms with van der Waals surface area (Å²) in [6.07, 6.45) is -0.992. The van der Waals surface area contributed by atoms with Gasteiger partial charge < -0.3 is 14.0 Å². The molecule has 0 radical (unpaired) electrons. The number of hydrogen-bond acceptors (Lipinski definition) is 4. The molecule has 38 heavy (non-hydrogen) atoms. The molecule has 0 aliphatic carbocycles. The number of amides is 1. The number of fused-ring (bicyclic) bond motifs is 4. The summed E-state index contributed by atoms with van der Waals surface area (Å²) < 4.78 is 47.6. The first-order chi connectivity index (χ1) is 18.3. The summed E-state index contributed by atoms with van der Waals surface area (Å²) >= 11 is 0. The second kappa shape index (κ2) is 9.16. The minimum atomic E-state index is -4.48. The lowest BCUT2D eigenvalue weighted by atomic mass is 9.96. The number of rotatable bonds is 4. The zero-order chi connectivity index (χ0) is 26.4. The van der Waals surface area contributed by atoms with Crippen LogP contribution < -0.4 is 4.74 Å². The van der Waals surface area contributed by atoms with E-state index in [1.807, 2.05) is 61.5 Å². The Kier molecular flexibility index (Phi) is 5.78. The van der Waals surface area contributed by atoms with Crippen molar-refractivity contribution in [1.82, 2.24) is 19.3 Å². The maximum Gasteiger partial charge on any atom is 0.416 e. The van der Waals surface area contributed by atoms with E-state index in [1.165, 1.54) is 6.20 Å². The Balaban J connectivity index is 1.35. The van der Waals surface area contributed by atoms with Crippen LogP contribution in [0, 0.1) is 6.92 Å². The van der Waals surface area contributed by atoms with E-state index in [9.17, 15) is 18.0 Å². The molecule has 3 aromatic heterocycles. The number of nitrogens with zero attached hydrogens (tertiary/aromatic N) is 4. The first kappa shape index (κ1) is 24.0. The number of carbonyl (C=O) groups excluding carboxylic acids is 1. The van der Waals surface area contributed by atoms with Crippen LogP contribution in [0.15, 0.2) is 79.1 Å². The highest BCUT2D eigenvalue weighted by molar-refractivity contribution is 5.84. The van der Waals surface area contributed by atoms with Crippen molar-refractivity contribution >= 4 is 22.3 Å². The summed E-state index contributed by atoms with van der Waals surface area (Å²) in [6.45, 7) is 2.03. The van der Waals surface area contributed by atoms with Gasteiger partial charge in [0.25, 0.3) is 5.91 Å². The molecule has 0 N–H and O–H groups in total. The molecule has 1 aliphatic heterocycles. The summed E-state index contributed by atoms with van der Waals surface area (Å²) in [4.78, 5) is 24.2. The molecule has 0 bridgehead atoms. The highest BCUT2D eigenvalue weighted by Gasteiger charge is 2.37. The Morgan fingerprint density at radius 2 is 1.87 bits per heavy atom. The monoisotopic (exact) mass is 516 g/mol. The lowest BCUT2D eigenvalue weighted by Gasteiger charge is -2.35. The zero-order valence-corrected chi connectivity index (χ0v) is 20.4. The molecular weight excluding hydrogens is 493 g/mol. The van der Waals surface area contributed by atoms with Gasteiger partial charge in [-0.1, -0.05) is 36.4 Å². The third kappa shape index (κ3) is 4.34. The average molecular weight is 517 g/mol. The van der Waals surface area contributed by atoms with Crippen molar-refractivity contribution in [2.75, 3.05) is 13.2 Å². The van der Waals surface area contributed by atoms with Gasteiger partial charge in [-0.2, -0.15) is 13.2 Å². The van der Waals surface area contributed by atoms with Crippen molar-refractivity contribution in [1.29, 1.82) is 0 Å². The van der Waals surface area contributed by atoms with Gasteiger partial charge >= 0.3 is 6.18 Å². The molecule has 1 unspecified atom stereocenters. The average Bonchev–Trinajstić information content (AvgIpc) is 3.29. The molecule has 9 heteroatoms. The molecule has 2 aromatic carbocycles. The fraction of sp³-hybridized carbons (Fsp3) is 0.207. The van der Waals surface area contributed by atoms with Crippen molar-refractivity contribution in [2.45, 2.75) is 25.6 Å². The largest absolute Gasteiger partial charge is 0.484 e. The normalized spacial score (nSPS) is 15.6. The van der Waals surface area contributed by atoms with Gasteiger partial charge in [0.1, 0.15) is 17.4 Å². The number of halogens is 3. The molecule has 1 atom stereocenters. The fourth-order valence-corrected chi connectivity index (χ4v) is 5.00. The molecule has 0 saturated carbocycles. The van der Waals surface area contributed by atoms with E-state index in [-0.39, 0.29) is 18.2 Å². The minimum absolute atomic E-state index is 0.182. The van der Waals surface area contributed by atoms with Crippen LogP contribution in [0.4, 0.5) is 13.2 Å². The molecule has 0 fully saturated rings. The van der Waals surface area contributed by atoms with E-state index in [1.54, 1.807) is 15.5 Å². The van der Waals surface area contributed by atoms with Crippen molar-refractivity contribution < 1.29 is 22.7 Å². The second-order valence-electron chi connectivity index (χ2n) is 9.36. The standard InChI is InChI=1S/C29H23F3N4O2/c1-18-6-7-21(16-33-18)27-28-24(34-25-15-22(29(30,31)32)10-12-35(25)28)11-13-36(27)26(37)17-38-23-9-8-19-4-2-3-5-20(19)14-23/h2-10,12,14-16,27H,11,13,17H2,1H3.